The van der Waals surface area contributed by atoms with E-state index in [1.165, 1.54) is 16.8 Å². The van der Waals surface area contributed by atoms with Gasteiger partial charge in [-0.3, -0.25) is 5.10 Å². The van der Waals surface area contributed by atoms with Gasteiger partial charge in [-0.15, -0.1) is 0 Å². The molecule has 1 aromatic heterocycles. The van der Waals surface area contributed by atoms with Crippen LogP contribution in [-0.4, -0.2) is 21.2 Å². The van der Waals surface area contributed by atoms with E-state index in [4.69, 9.17) is 5.73 Å². The largest absolute Gasteiger partial charge is 0.327 e. The second kappa shape index (κ2) is 5.84. The van der Waals surface area contributed by atoms with Crippen LogP contribution in [0, 0.1) is 0 Å². The highest BCUT2D eigenvalue weighted by molar-refractivity contribution is 7.99. The zero-order valence-electron chi connectivity index (χ0n) is 9.76. The molecule has 0 aliphatic rings. The maximum absolute atomic E-state index is 6.00. The molecule has 0 spiro atoms. The van der Waals surface area contributed by atoms with Gasteiger partial charge >= 0.3 is 0 Å². The number of nitrogens with one attached hydrogen (secondary N) is 1. The van der Waals surface area contributed by atoms with Crippen molar-refractivity contribution in [3.8, 4) is 0 Å². The molecule has 3 N–H and O–H groups in total. The second-order valence-electron chi connectivity index (χ2n) is 3.87. The van der Waals surface area contributed by atoms with Crippen molar-refractivity contribution >= 4 is 11.8 Å². The van der Waals surface area contributed by atoms with Crippen molar-refractivity contribution in [1.29, 1.82) is 0 Å². The highest BCUT2D eigenvalue weighted by Gasteiger charge is 2.08. The van der Waals surface area contributed by atoms with Crippen molar-refractivity contribution < 1.29 is 0 Å². The van der Waals surface area contributed by atoms with E-state index >= 15 is 0 Å². The molecule has 1 atom stereocenters. The first-order valence-corrected chi connectivity index (χ1v) is 6.48. The van der Waals surface area contributed by atoms with Crippen molar-refractivity contribution in [2.75, 3.05) is 0 Å². The fourth-order valence-corrected chi connectivity index (χ4v) is 2.38. The van der Waals surface area contributed by atoms with E-state index in [1.807, 2.05) is 12.1 Å². The summed E-state index contributed by atoms with van der Waals surface area (Å²) in [5.41, 5.74) is 7.27. The standard InChI is InChI=1S/C12H16N4S/c1-2-10(13)7-9-5-3-4-6-11(9)17-12-14-8-15-16-12/h3-6,8,10H,2,7,13H2,1H3,(H,14,15,16). The fraction of sp³-hybridized carbons (Fsp3) is 0.333. The van der Waals surface area contributed by atoms with Crippen LogP contribution in [0.25, 0.3) is 0 Å². The van der Waals surface area contributed by atoms with Gasteiger partial charge in [-0.25, -0.2) is 4.98 Å². The molecule has 0 aliphatic carbocycles. The lowest BCUT2D eigenvalue weighted by Gasteiger charge is -2.11. The smallest absolute Gasteiger partial charge is 0.188 e. The third-order valence-corrected chi connectivity index (χ3v) is 3.59. The molecule has 4 nitrogen and oxygen atoms in total. The Kier molecular flexibility index (Phi) is 4.17. The van der Waals surface area contributed by atoms with E-state index < -0.39 is 0 Å². The molecule has 0 radical (unpaired) electrons. The first kappa shape index (κ1) is 12.1. The lowest BCUT2D eigenvalue weighted by Crippen LogP contribution is -2.21. The van der Waals surface area contributed by atoms with E-state index in [9.17, 15) is 0 Å². The van der Waals surface area contributed by atoms with Gasteiger partial charge in [-0.05, 0) is 24.5 Å². The molecule has 0 fully saturated rings. The number of nitrogens with two attached hydrogens (primary N) is 1. The maximum atomic E-state index is 6.00. The number of nitrogens with zero attached hydrogens (tertiary/aromatic N) is 2. The summed E-state index contributed by atoms with van der Waals surface area (Å²) in [6, 6.07) is 8.49. The Bertz CT molecular complexity index is 455. The van der Waals surface area contributed by atoms with E-state index in [1.54, 1.807) is 11.8 Å². The minimum absolute atomic E-state index is 0.214. The molecular formula is C12H16N4S. The predicted molar refractivity (Wildman–Crippen MR) is 68.9 cm³/mol. The zero-order valence-corrected chi connectivity index (χ0v) is 10.6. The predicted octanol–water partition coefficient (Wildman–Crippen LogP) is 2.24. The zero-order chi connectivity index (χ0) is 12.1. The van der Waals surface area contributed by atoms with Gasteiger partial charge in [-0.2, -0.15) is 5.10 Å². The number of aromatic amines is 1. The van der Waals surface area contributed by atoms with Crippen LogP contribution in [-0.2, 0) is 6.42 Å². The normalized spacial score (nSPS) is 12.6. The summed E-state index contributed by atoms with van der Waals surface area (Å²) < 4.78 is 0. The number of hydrogen-bond donors (Lipinski definition) is 2. The topological polar surface area (TPSA) is 67.6 Å². The summed E-state index contributed by atoms with van der Waals surface area (Å²) in [5, 5.41) is 7.50. The van der Waals surface area contributed by atoms with E-state index in [0.717, 1.165) is 18.0 Å². The molecule has 17 heavy (non-hydrogen) atoms. The number of aromatic nitrogens is 3. The minimum Gasteiger partial charge on any atom is -0.327 e. The lowest BCUT2D eigenvalue weighted by molar-refractivity contribution is 0.641. The van der Waals surface area contributed by atoms with E-state index in [2.05, 4.69) is 34.2 Å². The molecule has 2 rings (SSSR count). The molecular weight excluding hydrogens is 232 g/mol. The third-order valence-electron chi connectivity index (χ3n) is 2.58. The fourth-order valence-electron chi connectivity index (χ4n) is 1.55. The van der Waals surface area contributed by atoms with Crippen molar-refractivity contribution in [3.05, 3.63) is 36.2 Å². The molecule has 2 aromatic rings. The molecule has 1 unspecified atom stereocenters. The molecule has 5 heteroatoms. The lowest BCUT2D eigenvalue weighted by atomic mass is 10.1. The summed E-state index contributed by atoms with van der Waals surface area (Å²) in [7, 11) is 0. The summed E-state index contributed by atoms with van der Waals surface area (Å²) in [6.45, 7) is 2.11. The van der Waals surface area contributed by atoms with Crippen LogP contribution in [0.15, 0.2) is 40.6 Å². The third kappa shape index (κ3) is 3.31. The van der Waals surface area contributed by atoms with Crippen LogP contribution in [0.2, 0.25) is 0 Å². The quantitative estimate of drug-likeness (QED) is 0.851. The van der Waals surface area contributed by atoms with Gasteiger partial charge < -0.3 is 5.73 Å². The monoisotopic (exact) mass is 248 g/mol. The Labute approximate surface area is 105 Å². The SMILES string of the molecule is CCC(N)Cc1ccccc1Sc1ncn[nH]1. The van der Waals surface area contributed by atoms with Gasteiger partial charge in [-0.1, -0.05) is 36.9 Å². The van der Waals surface area contributed by atoms with E-state index in [0.29, 0.717) is 0 Å². The molecule has 90 valence electrons. The number of benzene rings is 1. The molecule has 1 heterocycles. The number of rotatable bonds is 5. The average molecular weight is 248 g/mol. The Morgan fingerprint density at radius 1 is 1.41 bits per heavy atom. The van der Waals surface area contributed by atoms with Gasteiger partial charge in [0.25, 0.3) is 0 Å². The van der Waals surface area contributed by atoms with E-state index in [-0.39, 0.29) is 6.04 Å². The average Bonchev–Trinajstić information content (AvgIpc) is 2.84. The maximum Gasteiger partial charge on any atom is 0.188 e. The Balaban J connectivity index is 2.15. The summed E-state index contributed by atoms with van der Waals surface area (Å²) in [4.78, 5) is 5.31. The first-order valence-electron chi connectivity index (χ1n) is 5.66. The Morgan fingerprint density at radius 3 is 2.94 bits per heavy atom. The van der Waals surface area contributed by atoms with Gasteiger partial charge in [0.2, 0.25) is 0 Å². The summed E-state index contributed by atoms with van der Waals surface area (Å²) in [5.74, 6) is 0. The van der Waals surface area contributed by atoms with Gasteiger partial charge in [0.1, 0.15) is 6.33 Å². The Hall–Kier alpha value is -1.33. The van der Waals surface area contributed by atoms with Crippen LogP contribution in [0.4, 0.5) is 0 Å². The molecule has 0 amide bonds. The molecule has 0 saturated carbocycles. The van der Waals surface area contributed by atoms with Gasteiger partial charge in [0.05, 0.1) is 0 Å². The van der Waals surface area contributed by atoms with Crippen LogP contribution in [0.3, 0.4) is 0 Å². The van der Waals surface area contributed by atoms with Gasteiger partial charge in [0, 0.05) is 10.9 Å². The molecule has 0 bridgehead atoms. The highest BCUT2D eigenvalue weighted by atomic mass is 32.2. The van der Waals surface area contributed by atoms with Crippen LogP contribution in [0.5, 0.6) is 0 Å². The highest BCUT2D eigenvalue weighted by Crippen LogP contribution is 2.28. The number of H-pyrrole nitrogens is 1. The van der Waals surface area contributed by atoms with Crippen LogP contribution < -0.4 is 5.73 Å². The summed E-state index contributed by atoms with van der Waals surface area (Å²) in [6.07, 6.45) is 3.40. The van der Waals surface area contributed by atoms with Gasteiger partial charge in [0.15, 0.2) is 5.16 Å². The van der Waals surface area contributed by atoms with Crippen molar-refractivity contribution in [2.45, 2.75) is 35.9 Å². The van der Waals surface area contributed by atoms with Crippen LogP contribution in [0.1, 0.15) is 18.9 Å². The minimum atomic E-state index is 0.214. The number of hydrogen-bond acceptors (Lipinski definition) is 4. The van der Waals surface area contributed by atoms with Crippen molar-refractivity contribution in [1.82, 2.24) is 15.2 Å². The van der Waals surface area contributed by atoms with Crippen LogP contribution >= 0.6 is 11.8 Å². The second-order valence-corrected chi connectivity index (χ2v) is 4.90. The van der Waals surface area contributed by atoms with Crippen molar-refractivity contribution in [3.63, 3.8) is 0 Å². The van der Waals surface area contributed by atoms with Crippen molar-refractivity contribution in [2.24, 2.45) is 5.73 Å². The molecule has 0 saturated heterocycles. The first-order chi connectivity index (χ1) is 8.29. The summed E-state index contributed by atoms with van der Waals surface area (Å²) >= 11 is 1.59. The molecule has 0 aliphatic heterocycles. The Morgan fingerprint density at radius 2 is 2.24 bits per heavy atom. The molecule has 1 aromatic carbocycles.